The molecule has 2 aliphatic heterocycles. The van der Waals surface area contributed by atoms with Crippen LogP contribution in [0, 0.1) is 5.92 Å². The Morgan fingerprint density at radius 2 is 2.12 bits per heavy atom. The Labute approximate surface area is 153 Å². The van der Waals surface area contributed by atoms with E-state index >= 15 is 0 Å². The van der Waals surface area contributed by atoms with Gasteiger partial charge in [-0.25, -0.2) is 9.97 Å². The molecule has 0 radical (unpaired) electrons. The van der Waals surface area contributed by atoms with Gasteiger partial charge in [-0.2, -0.15) is 0 Å². The second kappa shape index (κ2) is 7.50. The van der Waals surface area contributed by atoms with E-state index in [2.05, 4.69) is 16.0 Å². The predicted molar refractivity (Wildman–Crippen MR) is 98.9 cm³/mol. The number of aliphatic hydroxyl groups excluding tert-OH is 1. The third kappa shape index (κ3) is 3.75. The lowest BCUT2D eigenvalue weighted by Crippen LogP contribution is -2.36. The van der Waals surface area contributed by atoms with Crippen LogP contribution in [0.5, 0.6) is 11.5 Å². The molecule has 6 heteroatoms. The van der Waals surface area contributed by atoms with E-state index in [1.54, 1.807) is 7.11 Å². The molecule has 138 valence electrons. The van der Waals surface area contributed by atoms with Crippen molar-refractivity contribution in [2.75, 3.05) is 31.7 Å². The normalized spacial score (nSPS) is 20.4. The summed E-state index contributed by atoms with van der Waals surface area (Å²) < 4.78 is 11.2. The third-order valence-corrected chi connectivity index (χ3v) is 5.21. The fraction of sp³-hybridized carbons (Fsp3) is 0.500. The van der Waals surface area contributed by atoms with Gasteiger partial charge in [0.1, 0.15) is 23.1 Å². The zero-order valence-corrected chi connectivity index (χ0v) is 15.1. The first-order chi connectivity index (χ1) is 12.7. The highest BCUT2D eigenvalue weighted by atomic mass is 16.5. The summed E-state index contributed by atoms with van der Waals surface area (Å²) in [5, 5.41) is 9.68. The van der Waals surface area contributed by atoms with Crippen LogP contribution in [0.15, 0.2) is 30.5 Å². The molecule has 2 aliphatic rings. The molecule has 0 saturated carbocycles. The molecule has 0 unspecified atom stereocenters. The van der Waals surface area contributed by atoms with Crippen molar-refractivity contribution in [2.45, 2.75) is 31.8 Å². The summed E-state index contributed by atoms with van der Waals surface area (Å²) >= 11 is 0. The van der Waals surface area contributed by atoms with Crippen LogP contribution in [-0.2, 0) is 12.8 Å². The Bertz CT molecular complexity index is 760. The molecule has 6 nitrogen and oxygen atoms in total. The lowest BCUT2D eigenvalue weighted by Gasteiger charge is -2.30. The van der Waals surface area contributed by atoms with E-state index in [1.807, 2.05) is 24.4 Å². The summed E-state index contributed by atoms with van der Waals surface area (Å²) in [5.41, 5.74) is 1.21. The van der Waals surface area contributed by atoms with Crippen molar-refractivity contribution >= 4 is 5.82 Å². The summed E-state index contributed by atoms with van der Waals surface area (Å²) in [7, 11) is 1.67. The van der Waals surface area contributed by atoms with Crippen LogP contribution >= 0.6 is 0 Å². The van der Waals surface area contributed by atoms with Crippen LogP contribution < -0.4 is 14.4 Å². The van der Waals surface area contributed by atoms with Gasteiger partial charge in [0.15, 0.2) is 0 Å². The molecular weight excluding hydrogens is 330 g/mol. The molecule has 0 bridgehead atoms. The average molecular weight is 355 g/mol. The highest BCUT2D eigenvalue weighted by molar-refractivity contribution is 5.42. The first-order valence-electron chi connectivity index (χ1n) is 9.26. The summed E-state index contributed by atoms with van der Waals surface area (Å²) in [6, 6.07) is 7.97. The summed E-state index contributed by atoms with van der Waals surface area (Å²) in [4.78, 5) is 11.5. The molecule has 1 fully saturated rings. The Morgan fingerprint density at radius 3 is 2.92 bits per heavy atom. The maximum absolute atomic E-state index is 9.68. The molecule has 0 spiro atoms. The third-order valence-electron chi connectivity index (χ3n) is 5.21. The quantitative estimate of drug-likeness (QED) is 0.907. The number of anilines is 1. The number of hydrogen-bond donors (Lipinski definition) is 1. The fourth-order valence-corrected chi connectivity index (χ4v) is 3.69. The minimum absolute atomic E-state index is 0.175. The van der Waals surface area contributed by atoms with Crippen LogP contribution in [0.3, 0.4) is 0 Å². The average Bonchev–Trinajstić information content (AvgIpc) is 2.68. The SMILES string of the molecule is COc1ccc2c(c1)OC[C@H](Cc1nccc(N3CCC(O)CC3)n1)C2. The maximum Gasteiger partial charge on any atom is 0.132 e. The van der Waals surface area contributed by atoms with Gasteiger partial charge < -0.3 is 19.5 Å². The number of nitrogens with zero attached hydrogens (tertiary/aromatic N) is 3. The molecule has 1 N–H and O–H groups in total. The van der Waals surface area contributed by atoms with Crippen LogP contribution in [0.25, 0.3) is 0 Å². The topological polar surface area (TPSA) is 67.7 Å². The number of aliphatic hydroxyl groups is 1. The van der Waals surface area contributed by atoms with Gasteiger partial charge in [0.05, 0.1) is 19.8 Å². The number of benzene rings is 1. The molecule has 1 aromatic heterocycles. The van der Waals surface area contributed by atoms with Gasteiger partial charge in [-0.3, -0.25) is 0 Å². The van der Waals surface area contributed by atoms with Crippen molar-refractivity contribution in [2.24, 2.45) is 5.92 Å². The molecular formula is C20H25N3O3. The standard InChI is InChI=1S/C20H25N3O3/c1-25-17-3-2-15-10-14(13-26-18(15)12-17)11-19-21-7-4-20(22-19)23-8-5-16(24)6-9-23/h2-4,7,12,14,16,24H,5-6,8-11,13H2,1H3/t14-/m0/s1. The van der Waals surface area contributed by atoms with E-state index < -0.39 is 0 Å². The molecule has 4 rings (SSSR count). The van der Waals surface area contributed by atoms with Gasteiger partial charge in [0, 0.05) is 37.7 Å². The minimum Gasteiger partial charge on any atom is -0.497 e. The fourth-order valence-electron chi connectivity index (χ4n) is 3.69. The number of hydrogen-bond acceptors (Lipinski definition) is 6. The summed E-state index contributed by atoms with van der Waals surface area (Å²) in [5.74, 6) is 3.93. The molecule has 1 atom stereocenters. The smallest absolute Gasteiger partial charge is 0.132 e. The van der Waals surface area contributed by atoms with Crippen LogP contribution in [0.2, 0.25) is 0 Å². The number of ether oxygens (including phenoxy) is 2. The van der Waals surface area contributed by atoms with Crippen LogP contribution in [0.4, 0.5) is 5.82 Å². The number of piperidine rings is 1. The first kappa shape index (κ1) is 17.1. The Balaban J connectivity index is 1.42. The van der Waals surface area contributed by atoms with Crippen molar-refractivity contribution in [3.8, 4) is 11.5 Å². The van der Waals surface area contributed by atoms with Gasteiger partial charge >= 0.3 is 0 Å². The Morgan fingerprint density at radius 1 is 1.27 bits per heavy atom. The number of aromatic nitrogens is 2. The number of methoxy groups -OCH3 is 1. The Hall–Kier alpha value is -2.34. The maximum atomic E-state index is 9.68. The lowest BCUT2D eigenvalue weighted by atomic mass is 9.93. The number of fused-ring (bicyclic) bond motifs is 1. The largest absolute Gasteiger partial charge is 0.497 e. The van der Waals surface area contributed by atoms with Crippen LogP contribution in [-0.4, -0.2) is 48.0 Å². The van der Waals surface area contributed by atoms with Crippen molar-refractivity contribution in [1.82, 2.24) is 9.97 Å². The van der Waals surface area contributed by atoms with Gasteiger partial charge in [-0.1, -0.05) is 6.07 Å². The van der Waals surface area contributed by atoms with Crippen molar-refractivity contribution in [3.63, 3.8) is 0 Å². The highest BCUT2D eigenvalue weighted by Crippen LogP contribution is 2.32. The van der Waals surface area contributed by atoms with Gasteiger partial charge in [0.2, 0.25) is 0 Å². The molecule has 3 heterocycles. The molecule has 1 saturated heterocycles. The van der Waals surface area contributed by atoms with Crippen LogP contribution in [0.1, 0.15) is 24.2 Å². The predicted octanol–water partition coefficient (Wildman–Crippen LogP) is 2.24. The zero-order chi connectivity index (χ0) is 17.9. The summed E-state index contributed by atoms with van der Waals surface area (Å²) in [6.45, 7) is 2.36. The second-order valence-electron chi connectivity index (χ2n) is 7.11. The van der Waals surface area contributed by atoms with E-state index in [1.165, 1.54) is 5.56 Å². The number of rotatable bonds is 4. The van der Waals surface area contributed by atoms with Crippen molar-refractivity contribution < 1.29 is 14.6 Å². The van der Waals surface area contributed by atoms with E-state index in [4.69, 9.17) is 14.5 Å². The lowest BCUT2D eigenvalue weighted by molar-refractivity contribution is 0.145. The zero-order valence-electron chi connectivity index (χ0n) is 15.1. The molecule has 0 aliphatic carbocycles. The molecule has 2 aromatic rings. The van der Waals surface area contributed by atoms with E-state index in [0.29, 0.717) is 12.5 Å². The van der Waals surface area contributed by atoms with Crippen molar-refractivity contribution in [3.05, 3.63) is 41.9 Å². The van der Waals surface area contributed by atoms with E-state index in [-0.39, 0.29) is 6.10 Å². The monoisotopic (exact) mass is 355 g/mol. The minimum atomic E-state index is -0.175. The summed E-state index contributed by atoms with van der Waals surface area (Å²) in [6.07, 6.45) is 5.03. The van der Waals surface area contributed by atoms with Gasteiger partial charge in [-0.15, -0.1) is 0 Å². The first-order valence-corrected chi connectivity index (χ1v) is 9.26. The molecule has 26 heavy (non-hydrogen) atoms. The second-order valence-corrected chi connectivity index (χ2v) is 7.11. The van der Waals surface area contributed by atoms with E-state index in [9.17, 15) is 5.11 Å². The Kier molecular flexibility index (Phi) is 4.93. The molecule has 1 aromatic carbocycles. The molecule has 0 amide bonds. The van der Waals surface area contributed by atoms with Gasteiger partial charge in [0.25, 0.3) is 0 Å². The highest BCUT2D eigenvalue weighted by Gasteiger charge is 2.23. The van der Waals surface area contributed by atoms with Crippen molar-refractivity contribution in [1.29, 1.82) is 0 Å². The van der Waals surface area contributed by atoms with Gasteiger partial charge in [-0.05, 0) is 37.0 Å². The van der Waals surface area contributed by atoms with E-state index in [0.717, 1.165) is 61.9 Å².